The summed E-state index contributed by atoms with van der Waals surface area (Å²) in [4.78, 5) is 41.8. The number of carbonyl (C=O) groups excluding carboxylic acids is 2. The van der Waals surface area contributed by atoms with Gasteiger partial charge in [-0.15, -0.1) is 0 Å². The Labute approximate surface area is 218 Å². The zero-order chi connectivity index (χ0) is 27.7. The second-order valence-electron chi connectivity index (χ2n) is 7.88. The number of aromatic amines is 2. The molecule has 0 saturated heterocycles. The summed E-state index contributed by atoms with van der Waals surface area (Å²) in [6, 6.07) is 16.9. The zero-order valence-corrected chi connectivity index (χ0v) is 20.6. The Morgan fingerprint density at radius 2 is 1.26 bits per heavy atom. The van der Waals surface area contributed by atoms with Crippen molar-refractivity contribution in [3.63, 3.8) is 0 Å². The minimum atomic E-state index is -1.06. The van der Waals surface area contributed by atoms with Gasteiger partial charge in [-0.2, -0.15) is 10.5 Å². The molecule has 0 atom stereocenters. The first-order valence-corrected chi connectivity index (χ1v) is 11.6. The summed E-state index contributed by atoms with van der Waals surface area (Å²) < 4.78 is 9.82. The predicted octanol–water partition coefficient (Wildman–Crippen LogP) is 4.16. The number of aromatic nitrogens is 2. The number of carboxylic acid groups (broad SMARTS) is 1. The number of esters is 2. The Morgan fingerprint density at radius 1 is 0.816 bits per heavy atom. The van der Waals surface area contributed by atoms with Crippen LogP contribution in [0, 0.1) is 22.7 Å². The van der Waals surface area contributed by atoms with Gasteiger partial charge in [0.2, 0.25) is 0 Å². The van der Waals surface area contributed by atoms with Crippen LogP contribution in [0.1, 0.15) is 58.5 Å². The lowest BCUT2D eigenvalue weighted by molar-refractivity contribution is -0.138. The van der Waals surface area contributed by atoms with Crippen LogP contribution in [0.4, 0.5) is 0 Å². The van der Waals surface area contributed by atoms with E-state index < -0.39 is 23.8 Å². The van der Waals surface area contributed by atoms with E-state index in [0.717, 1.165) is 5.56 Å². The van der Waals surface area contributed by atoms with Crippen LogP contribution in [-0.4, -0.2) is 46.2 Å². The van der Waals surface area contributed by atoms with Gasteiger partial charge in [-0.1, -0.05) is 12.1 Å². The molecule has 0 aliphatic rings. The third-order valence-electron chi connectivity index (χ3n) is 5.41. The van der Waals surface area contributed by atoms with E-state index in [1.54, 1.807) is 50.2 Å². The van der Waals surface area contributed by atoms with Crippen molar-refractivity contribution in [2.24, 2.45) is 0 Å². The van der Waals surface area contributed by atoms with Crippen molar-refractivity contribution in [1.29, 1.82) is 10.5 Å². The molecule has 0 aliphatic carbocycles. The molecule has 192 valence electrons. The molecular formula is C28H24N4O6. The Morgan fingerprint density at radius 3 is 1.63 bits per heavy atom. The summed E-state index contributed by atoms with van der Waals surface area (Å²) in [5, 5.41) is 28.0. The molecule has 0 bridgehead atoms. The number of nitrogens with zero attached hydrogens (tertiary/aromatic N) is 2. The van der Waals surface area contributed by atoms with Crippen LogP contribution in [-0.2, 0) is 19.1 Å². The Kier molecular flexibility index (Phi) is 9.01. The van der Waals surface area contributed by atoms with Crippen molar-refractivity contribution in [2.75, 3.05) is 13.2 Å². The monoisotopic (exact) mass is 512 g/mol. The van der Waals surface area contributed by atoms with Gasteiger partial charge in [0.15, 0.2) is 0 Å². The van der Waals surface area contributed by atoms with E-state index in [9.17, 15) is 30.0 Å². The van der Waals surface area contributed by atoms with Gasteiger partial charge >= 0.3 is 17.9 Å². The molecule has 2 heterocycles. The van der Waals surface area contributed by atoms with Gasteiger partial charge in [-0.3, -0.25) is 0 Å². The molecule has 10 nitrogen and oxygen atoms in total. The second kappa shape index (κ2) is 12.6. The average molecular weight is 513 g/mol. The van der Waals surface area contributed by atoms with Crippen molar-refractivity contribution >= 4 is 30.1 Å². The van der Waals surface area contributed by atoms with E-state index in [1.807, 2.05) is 12.1 Å². The quantitative estimate of drug-likeness (QED) is 0.207. The number of hydrogen-bond donors (Lipinski definition) is 3. The van der Waals surface area contributed by atoms with Gasteiger partial charge in [0.1, 0.15) is 23.3 Å². The maximum absolute atomic E-state index is 12.0. The first-order valence-electron chi connectivity index (χ1n) is 11.6. The van der Waals surface area contributed by atoms with Gasteiger partial charge in [0, 0.05) is 22.8 Å². The molecule has 1 aromatic carbocycles. The molecule has 0 fully saturated rings. The molecule has 0 spiro atoms. The molecule has 10 heteroatoms. The number of hydrogen-bond acceptors (Lipinski definition) is 7. The molecule has 3 aromatic rings. The third kappa shape index (κ3) is 6.45. The van der Waals surface area contributed by atoms with Gasteiger partial charge in [-0.05, 0) is 68.0 Å². The molecule has 38 heavy (non-hydrogen) atoms. The fraction of sp³-hybridized carbons (Fsp3) is 0.179. The third-order valence-corrected chi connectivity index (χ3v) is 5.41. The highest BCUT2D eigenvalue weighted by Gasteiger charge is 2.21. The van der Waals surface area contributed by atoms with E-state index in [0.29, 0.717) is 22.8 Å². The van der Waals surface area contributed by atoms with Gasteiger partial charge in [0.25, 0.3) is 0 Å². The van der Waals surface area contributed by atoms with Crippen molar-refractivity contribution in [2.45, 2.75) is 19.8 Å². The largest absolute Gasteiger partial charge is 0.478 e. The number of H-pyrrole nitrogens is 2. The summed E-state index contributed by atoms with van der Waals surface area (Å²) in [5.41, 5.74) is 2.83. The molecule has 0 unspecified atom stereocenters. The summed E-state index contributed by atoms with van der Waals surface area (Å²) in [5.74, 6) is -2.98. The first kappa shape index (κ1) is 27.2. The average Bonchev–Trinajstić information content (AvgIpc) is 3.56. The maximum Gasteiger partial charge on any atom is 0.348 e. The lowest BCUT2D eigenvalue weighted by Gasteiger charge is -2.16. The SMILES string of the molecule is CCOC(=O)/C(C#N)=C/c1ccc(C(c2ccc(C(=O)O)cc2)c2ccc(/C=C(\C#N)C(=O)OCC)[nH]2)[nH]1. The fourth-order valence-electron chi connectivity index (χ4n) is 3.71. The van der Waals surface area contributed by atoms with Crippen LogP contribution >= 0.6 is 0 Å². The smallest absolute Gasteiger partial charge is 0.348 e. The minimum Gasteiger partial charge on any atom is -0.478 e. The van der Waals surface area contributed by atoms with E-state index in [4.69, 9.17) is 9.47 Å². The van der Waals surface area contributed by atoms with Crippen LogP contribution in [0.15, 0.2) is 59.7 Å². The van der Waals surface area contributed by atoms with E-state index in [-0.39, 0.29) is 29.9 Å². The number of ether oxygens (including phenoxy) is 2. The number of aromatic carboxylic acids is 1. The van der Waals surface area contributed by atoms with E-state index in [1.165, 1.54) is 24.3 Å². The number of nitriles is 2. The van der Waals surface area contributed by atoms with E-state index >= 15 is 0 Å². The number of carbonyl (C=O) groups is 3. The highest BCUT2D eigenvalue weighted by atomic mass is 16.5. The molecule has 0 saturated carbocycles. The summed E-state index contributed by atoms with van der Waals surface area (Å²) >= 11 is 0. The highest BCUT2D eigenvalue weighted by molar-refractivity contribution is 5.98. The molecule has 3 rings (SSSR count). The minimum absolute atomic E-state index is 0.124. The summed E-state index contributed by atoms with van der Waals surface area (Å²) in [6.45, 7) is 3.56. The van der Waals surface area contributed by atoms with E-state index in [2.05, 4.69) is 9.97 Å². The van der Waals surface area contributed by atoms with Crippen molar-refractivity contribution in [1.82, 2.24) is 9.97 Å². The highest BCUT2D eigenvalue weighted by Crippen LogP contribution is 2.32. The fourth-order valence-corrected chi connectivity index (χ4v) is 3.71. The van der Waals surface area contributed by atoms with Gasteiger partial charge in [-0.25, -0.2) is 14.4 Å². The normalized spacial score (nSPS) is 12.2. The Hall–Kier alpha value is -5.35. The Balaban J connectivity index is 2.05. The molecule has 3 N–H and O–H groups in total. The lowest BCUT2D eigenvalue weighted by Crippen LogP contribution is -2.07. The van der Waals surface area contributed by atoms with Crippen LogP contribution in [0.5, 0.6) is 0 Å². The van der Waals surface area contributed by atoms with Gasteiger partial charge in [0.05, 0.1) is 24.7 Å². The second-order valence-corrected chi connectivity index (χ2v) is 7.88. The van der Waals surface area contributed by atoms with Crippen molar-refractivity contribution in [3.8, 4) is 12.1 Å². The lowest BCUT2D eigenvalue weighted by atomic mass is 9.92. The zero-order valence-electron chi connectivity index (χ0n) is 20.6. The number of benzene rings is 1. The molecule has 0 radical (unpaired) electrons. The molecular weight excluding hydrogens is 488 g/mol. The van der Waals surface area contributed by atoms with Gasteiger partial charge < -0.3 is 24.5 Å². The summed E-state index contributed by atoms with van der Waals surface area (Å²) in [6.07, 6.45) is 2.76. The number of carboxylic acids is 1. The Bertz CT molecular complexity index is 1390. The van der Waals surface area contributed by atoms with Crippen LogP contribution in [0.25, 0.3) is 12.2 Å². The topological polar surface area (TPSA) is 169 Å². The first-order chi connectivity index (χ1) is 18.3. The standard InChI is InChI=1S/C28H24N4O6/c1-3-37-27(35)19(15-29)13-21-9-11-23(31-21)25(17-5-7-18(8-6-17)26(33)34)24-12-10-22(32-24)14-20(16-30)28(36)38-4-2/h5-14,25,31-32H,3-4H2,1-2H3,(H,33,34)/b19-13+,20-14+. The molecule has 2 aromatic heterocycles. The van der Waals surface area contributed by atoms with Crippen molar-refractivity contribution < 1.29 is 29.0 Å². The maximum atomic E-state index is 12.0. The molecule has 0 amide bonds. The summed E-state index contributed by atoms with van der Waals surface area (Å²) in [7, 11) is 0. The van der Waals surface area contributed by atoms with Crippen LogP contribution < -0.4 is 0 Å². The number of rotatable bonds is 10. The van der Waals surface area contributed by atoms with Crippen molar-refractivity contribution in [3.05, 3.63) is 93.6 Å². The molecule has 0 aliphatic heterocycles. The van der Waals surface area contributed by atoms with Crippen LogP contribution in [0.3, 0.4) is 0 Å². The van der Waals surface area contributed by atoms with Crippen LogP contribution in [0.2, 0.25) is 0 Å². The number of nitrogens with one attached hydrogen (secondary N) is 2. The predicted molar refractivity (Wildman–Crippen MR) is 136 cm³/mol.